The molecule has 156 valence electrons. The van der Waals surface area contributed by atoms with Crippen molar-refractivity contribution < 1.29 is 23.8 Å². The highest BCUT2D eigenvalue weighted by atomic mass is 35.5. The van der Waals surface area contributed by atoms with Crippen LogP contribution < -0.4 is 14.2 Å². The van der Waals surface area contributed by atoms with Crippen LogP contribution in [0, 0.1) is 6.92 Å². The monoisotopic (exact) mass is 434 g/mol. The van der Waals surface area contributed by atoms with Crippen LogP contribution in [0.15, 0.2) is 66.4 Å². The molecule has 1 aliphatic heterocycles. The Hall–Kier alpha value is -3.57. The summed E-state index contributed by atoms with van der Waals surface area (Å²) in [6, 6.07) is 17.2. The van der Waals surface area contributed by atoms with Crippen LogP contribution in [0.1, 0.15) is 38.8 Å². The predicted molar refractivity (Wildman–Crippen MR) is 118 cm³/mol. The number of aryl methyl sites for hydroxylation is 1. The van der Waals surface area contributed by atoms with E-state index in [4.69, 9.17) is 25.8 Å². The molecule has 3 aromatic carbocycles. The van der Waals surface area contributed by atoms with E-state index in [0.29, 0.717) is 34.3 Å². The lowest BCUT2D eigenvalue weighted by molar-refractivity contribution is 0.0734. The van der Waals surface area contributed by atoms with Crippen LogP contribution in [0.5, 0.6) is 17.2 Å². The molecule has 31 heavy (non-hydrogen) atoms. The smallest absolute Gasteiger partial charge is 0.345 e. The van der Waals surface area contributed by atoms with Gasteiger partial charge in [0.05, 0.1) is 22.8 Å². The highest BCUT2D eigenvalue weighted by molar-refractivity contribution is 6.33. The summed E-state index contributed by atoms with van der Waals surface area (Å²) < 4.78 is 16.9. The van der Waals surface area contributed by atoms with E-state index in [9.17, 15) is 9.59 Å². The second kappa shape index (κ2) is 8.66. The van der Waals surface area contributed by atoms with Gasteiger partial charge in [-0.1, -0.05) is 41.9 Å². The standard InChI is InChI=1S/C25H19ClO5/c1-3-29-20-11-7-4-8-16(20)13-22-24(27)23-15(2)12-17(14-21(23)31-22)30-25(28)18-9-5-6-10-19(18)26/h4-14H,3H2,1-2H3/b22-13-. The van der Waals surface area contributed by atoms with Crippen molar-refractivity contribution in [1.29, 1.82) is 0 Å². The van der Waals surface area contributed by atoms with Crippen molar-refractivity contribution in [3.05, 3.63) is 93.7 Å². The number of esters is 1. The number of Topliss-reactive ketones (excluding diaryl/α,β-unsaturated/α-hetero) is 1. The molecule has 5 nitrogen and oxygen atoms in total. The Morgan fingerprint density at radius 2 is 1.84 bits per heavy atom. The second-order valence-electron chi connectivity index (χ2n) is 6.89. The molecule has 0 unspecified atom stereocenters. The second-order valence-corrected chi connectivity index (χ2v) is 7.30. The number of halogens is 1. The van der Waals surface area contributed by atoms with Gasteiger partial charge in [-0.25, -0.2) is 4.79 Å². The van der Waals surface area contributed by atoms with E-state index in [1.807, 2.05) is 31.2 Å². The fourth-order valence-electron chi connectivity index (χ4n) is 3.35. The highest BCUT2D eigenvalue weighted by Crippen LogP contribution is 2.38. The topological polar surface area (TPSA) is 61.8 Å². The molecule has 0 fully saturated rings. The number of rotatable bonds is 5. The Morgan fingerprint density at radius 1 is 1.10 bits per heavy atom. The molecule has 1 aliphatic rings. The Kier molecular flexibility index (Phi) is 5.78. The van der Waals surface area contributed by atoms with E-state index < -0.39 is 5.97 Å². The molecule has 3 aromatic rings. The number of carbonyl (C=O) groups excluding carboxylic acids is 2. The van der Waals surface area contributed by atoms with Gasteiger partial charge >= 0.3 is 5.97 Å². The van der Waals surface area contributed by atoms with Gasteiger partial charge < -0.3 is 14.2 Å². The van der Waals surface area contributed by atoms with Gasteiger partial charge in [0.15, 0.2) is 5.76 Å². The number of benzene rings is 3. The zero-order valence-corrected chi connectivity index (χ0v) is 17.7. The van der Waals surface area contributed by atoms with E-state index in [0.717, 1.165) is 5.56 Å². The van der Waals surface area contributed by atoms with Crippen LogP contribution in [0.25, 0.3) is 6.08 Å². The summed E-state index contributed by atoms with van der Waals surface area (Å²) in [5, 5.41) is 0.301. The molecule has 0 aliphatic carbocycles. The molecule has 0 spiro atoms. The van der Waals surface area contributed by atoms with E-state index in [1.165, 1.54) is 6.07 Å². The summed E-state index contributed by atoms with van der Waals surface area (Å²) in [6.45, 7) is 4.17. The van der Waals surface area contributed by atoms with Crippen molar-refractivity contribution in [2.45, 2.75) is 13.8 Å². The third kappa shape index (κ3) is 4.18. The normalized spacial score (nSPS) is 13.6. The van der Waals surface area contributed by atoms with Gasteiger partial charge in [-0.3, -0.25) is 4.79 Å². The number of hydrogen-bond donors (Lipinski definition) is 0. The molecule has 6 heteroatoms. The molecule has 0 N–H and O–H groups in total. The van der Waals surface area contributed by atoms with Gasteiger partial charge in [0, 0.05) is 11.6 Å². The summed E-state index contributed by atoms with van der Waals surface area (Å²) in [5.41, 5.74) is 2.08. The minimum Gasteiger partial charge on any atom is -0.493 e. The predicted octanol–water partition coefficient (Wildman–Crippen LogP) is 5.88. The van der Waals surface area contributed by atoms with Crippen LogP contribution in [0.2, 0.25) is 5.02 Å². The minimum absolute atomic E-state index is 0.180. The van der Waals surface area contributed by atoms with Crippen LogP contribution >= 0.6 is 11.6 Å². The Morgan fingerprint density at radius 3 is 2.61 bits per heavy atom. The molecule has 0 radical (unpaired) electrons. The van der Waals surface area contributed by atoms with Crippen LogP contribution in [0.4, 0.5) is 0 Å². The number of ether oxygens (including phenoxy) is 3. The zero-order valence-electron chi connectivity index (χ0n) is 17.0. The summed E-state index contributed by atoms with van der Waals surface area (Å²) in [6.07, 6.45) is 1.65. The molecule has 1 heterocycles. The lowest BCUT2D eigenvalue weighted by Crippen LogP contribution is -2.09. The Balaban J connectivity index is 1.63. The molecule has 4 rings (SSSR count). The molecular weight excluding hydrogens is 416 g/mol. The van der Waals surface area contributed by atoms with Gasteiger partial charge in [0.1, 0.15) is 17.2 Å². The quantitative estimate of drug-likeness (QED) is 0.285. The van der Waals surface area contributed by atoms with Crippen LogP contribution in [-0.2, 0) is 0 Å². The maximum absolute atomic E-state index is 12.9. The first-order valence-electron chi connectivity index (χ1n) is 9.75. The first-order valence-corrected chi connectivity index (χ1v) is 10.1. The average molecular weight is 435 g/mol. The van der Waals surface area contributed by atoms with E-state index >= 15 is 0 Å². The van der Waals surface area contributed by atoms with Gasteiger partial charge in [-0.15, -0.1) is 0 Å². The third-order valence-electron chi connectivity index (χ3n) is 4.75. The Labute approximate surface area is 184 Å². The summed E-state index contributed by atoms with van der Waals surface area (Å²) in [7, 11) is 0. The average Bonchev–Trinajstić information content (AvgIpc) is 3.05. The van der Waals surface area contributed by atoms with Crippen molar-refractivity contribution in [2.24, 2.45) is 0 Å². The maximum Gasteiger partial charge on any atom is 0.345 e. The first-order chi connectivity index (χ1) is 15.0. The summed E-state index contributed by atoms with van der Waals surface area (Å²) in [4.78, 5) is 25.4. The van der Waals surface area contributed by atoms with Gasteiger partial charge in [0.25, 0.3) is 0 Å². The Bertz CT molecular complexity index is 1210. The molecule has 0 aromatic heterocycles. The van der Waals surface area contributed by atoms with Crippen molar-refractivity contribution in [2.75, 3.05) is 6.61 Å². The fourth-order valence-corrected chi connectivity index (χ4v) is 3.57. The molecule has 0 saturated carbocycles. The van der Waals surface area contributed by atoms with E-state index in [-0.39, 0.29) is 22.9 Å². The van der Waals surface area contributed by atoms with Crippen molar-refractivity contribution in [1.82, 2.24) is 0 Å². The lowest BCUT2D eigenvalue weighted by atomic mass is 10.0. The molecule has 0 saturated heterocycles. The summed E-state index contributed by atoms with van der Waals surface area (Å²) in [5.74, 6) is 0.631. The fraction of sp³-hybridized carbons (Fsp3) is 0.120. The van der Waals surface area contributed by atoms with Crippen LogP contribution in [-0.4, -0.2) is 18.4 Å². The van der Waals surface area contributed by atoms with Crippen molar-refractivity contribution in [3.63, 3.8) is 0 Å². The number of carbonyl (C=O) groups is 2. The third-order valence-corrected chi connectivity index (χ3v) is 5.08. The van der Waals surface area contributed by atoms with Crippen molar-refractivity contribution in [3.8, 4) is 17.2 Å². The molecule has 0 amide bonds. The van der Waals surface area contributed by atoms with Gasteiger partial charge in [-0.2, -0.15) is 0 Å². The zero-order chi connectivity index (χ0) is 22.0. The highest BCUT2D eigenvalue weighted by Gasteiger charge is 2.30. The molecule has 0 atom stereocenters. The van der Waals surface area contributed by atoms with Gasteiger partial charge in [0.2, 0.25) is 5.78 Å². The van der Waals surface area contributed by atoms with Gasteiger partial charge in [-0.05, 0) is 49.8 Å². The van der Waals surface area contributed by atoms with E-state index in [2.05, 4.69) is 0 Å². The largest absolute Gasteiger partial charge is 0.493 e. The molecular formula is C25H19ClO5. The van der Waals surface area contributed by atoms with Crippen LogP contribution in [0.3, 0.4) is 0 Å². The maximum atomic E-state index is 12.9. The number of fused-ring (bicyclic) bond motifs is 1. The number of para-hydroxylation sites is 1. The molecule has 0 bridgehead atoms. The lowest BCUT2D eigenvalue weighted by Gasteiger charge is -2.08. The number of hydrogen-bond acceptors (Lipinski definition) is 5. The van der Waals surface area contributed by atoms with E-state index in [1.54, 1.807) is 43.3 Å². The van der Waals surface area contributed by atoms with Crippen molar-refractivity contribution >= 4 is 29.4 Å². The first kappa shape index (κ1) is 20.7. The summed E-state index contributed by atoms with van der Waals surface area (Å²) >= 11 is 6.07. The minimum atomic E-state index is -0.587. The number of ketones is 1. The number of allylic oxidation sites excluding steroid dienone is 1. The SMILES string of the molecule is CCOc1ccccc1/C=C1\Oc2cc(OC(=O)c3ccccc3Cl)cc(C)c2C1=O.